The molecule has 1 aliphatic heterocycles. The Hall–Kier alpha value is -2.30. The number of anilines is 1. The Bertz CT molecular complexity index is 505. The largest absolute Gasteiger partial charge is 0.477 e. The number of aliphatic carboxylic acids is 2. The predicted molar refractivity (Wildman–Crippen MR) is 65.5 cm³/mol. The highest BCUT2D eigenvalue weighted by atomic mass is 16.4. The van der Waals surface area contributed by atoms with Crippen LogP contribution in [0.4, 0.5) is 5.69 Å². The Morgan fingerprint density at radius 3 is 2.50 bits per heavy atom. The van der Waals surface area contributed by atoms with Gasteiger partial charge in [0.2, 0.25) is 0 Å². The quantitative estimate of drug-likeness (QED) is 0.480. The van der Waals surface area contributed by atoms with E-state index in [1.807, 2.05) is 24.3 Å². The Morgan fingerprint density at radius 2 is 1.83 bits per heavy atom. The van der Waals surface area contributed by atoms with E-state index in [9.17, 15) is 9.59 Å². The first-order valence-electron chi connectivity index (χ1n) is 5.62. The molecular formula is C13H13NO4. The van der Waals surface area contributed by atoms with Crippen LogP contribution in [-0.2, 0) is 16.0 Å². The SMILES string of the molecule is O=C(O)C(=CN1CCCc2ccccc21)C(=O)O. The fourth-order valence-corrected chi connectivity index (χ4v) is 2.05. The fourth-order valence-electron chi connectivity index (χ4n) is 2.05. The Labute approximate surface area is 104 Å². The molecule has 1 aromatic carbocycles. The highest BCUT2D eigenvalue weighted by molar-refractivity contribution is 6.12. The number of carboxylic acid groups (broad SMARTS) is 2. The fraction of sp³-hybridized carbons (Fsp3) is 0.231. The third kappa shape index (κ3) is 2.34. The molecule has 0 saturated carbocycles. The van der Waals surface area contributed by atoms with Crippen molar-refractivity contribution in [1.82, 2.24) is 0 Å². The summed E-state index contributed by atoms with van der Waals surface area (Å²) in [5.74, 6) is -2.85. The molecule has 0 fully saturated rings. The Balaban J connectivity index is 2.39. The Kier molecular flexibility index (Phi) is 3.32. The summed E-state index contributed by atoms with van der Waals surface area (Å²) in [6.07, 6.45) is 3.00. The van der Waals surface area contributed by atoms with E-state index in [0.29, 0.717) is 6.54 Å². The van der Waals surface area contributed by atoms with Crippen molar-refractivity contribution in [1.29, 1.82) is 0 Å². The average molecular weight is 247 g/mol. The lowest BCUT2D eigenvalue weighted by atomic mass is 10.0. The minimum atomic E-state index is -1.43. The van der Waals surface area contributed by atoms with E-state index in [0.717, 1.165) is 24.1 Å². The second-order valence-corrected chi connectivity index (χ2v) is 4.08. The number of hydrogen-bond acceptors (Lipinski definition) is 3. The van der Waals surface area contributed by atoms with Gasteiger partial charge in [-0.15, -0.1) is 0 Å². The molecule has 18 heavy (non-hydrogen) atoms. The number of para-hydroxylation sites is 1. The maximum absolute atomic E-state index is 10.9. The molecule has 0 atom stereocenters. The number of rotatable bonds is 3. The van der Waals surface area contributed by atoms with E-state index in [-0.39, 0.29) is 0 Å². The number of aryl methyl sites for hydroxylation is 1. The lowest BCUT2D eigenvalue weighted by Crippen LogP contribution is -2.26. The van der Waals surface area contributed by atoms with Crippen molar-refractivity contribution < 1.29 is 19.8 Å². The molecule has 2 N–H and O–H groups in total. The number of nitrogens with zero attached hydrogens (tertiary/aromatic N) is 1. The topological polar surface area (TPSA) is 77.8 Å². The van der Waals surface area contributed by atoms with Gasteiger partial charge in [0.25, 0.3) is 0 Å². The van der Waals surface area contributed by atoms with Crippen molar-refractivity contribution in [2.75, 3.05) is 11.4 Å². The van der Waals surface area contributed by atoms with Crippen molar-refractivity contribution in [3.63, 3.8) is 0 Å². The van der Waals surface area contributed by atoms with E-state index in [1.54, 1.807) is 4.90 Å². The monoisotopic (exact) mass is 247 g/mol. The van der Waals surface area contributed by atoms with Gasteiger partial charge in [-0.25, -0.2) is 9.59 Å². The molecule has 2 rings (SSSR count). The molecule has 0 aromatic heterocycles. The number of carbonyl (C=O) groups is 2. The van der Waals surface area contributed by atoms with Crippen LogP contribution in [0.25, 0.3) is 0 Å². The molecule has 0 spiro atoms. The lowest BCUT2D eigenvalue weighted by molar-refractivity contribution is -0.140. The van der Waals surface area contributed by atoms with Crippen LogP contribution >= 0.6 is 0 Å². The molecular weight excluding hydrogens is 234 g/mol. The minimum absolute atomic E-state index is 0.619. The van der Waals surface area contributed by atoms with Crippen LogP contribution in [0.15, 0.2) is 36.0 Å². The molecule has 0 amide bonds. The number of carboxylic acids is 2. The summed E-state index contributed by atoms with van der Waals surface area (Å²) in [5, 5.41) is 17.7. The third-order valence-electron chi connectivity index (χ3n) is 2.89. The van der Waals surface area contributed by atoms with Gasteiger partial charge in [-0.05, 0) is 24.5 Å². The van der Waals surface area contributed by atoms with Gasteiger partial charge in [-0.2, -0.15) is 0 Å². The van der Waals surface area contributed by atoms with Crippen LogP contribution in [0, 0.1) is 0 Å². The van der Waals surface area contributed by atoms with Gasteiger partial charge in [0.15, 0.2) is 5.57 Å². The van der Waals surface area contributed by atoms with Gasteiger partial charge in [0.05, 0.1) is 0 Å². The zero-order valence-electron chi connectivity index (χ0n) is 9.67. The first-order valence-corrected chi connectivity index (χ1v) is 5.62. The van der Waals surface area contributed by atoms with Crippen molar-refractivity contribution in [3.05, 3.63) is 41.6 Å². The number of benzene rings is 1. The Morgan fingerprint density at radius 1 is 1.17 bits per heavy atom. The van der Waals surface area contributed by atoms with Gasteiger partial charge < -0.3 is 15.1 Å². The van der Waals surface area contributed by atoms with E-state index in [2.05, 4.69) is 0 Å². The minimum Gasteiger partial charge on any atom is -0.477 e. The predicted octanol–water partition coefficient (Wildman–Crippen LogP) is 1.49. The zero-order chi connectivity index (χ0) is 13.1. The zero-order valence-corrected chi connectivity index (χ0v) is 9.67. The van der Waals surface area contributed by atoms with Gasteiger partial charge in [-0.3, -0.25) is 0 Å². The highest BCUT2D eigenvalue weighted by Crippen LogP contribution is 2.27. The van der Waals surface area contributed by atoms with E-state index < -0.39 is 17.5 Å². The summed E-state index contributed by atoms with van der Waals surface area (Å²) in [4.78, 5) is 23.4. The summed E-state index contributed by atoms with van der Waals surface area (Å²) >= 11 is 0. The van der Waals surface area contributed by atoms with Gasteiger partial charge in [0.1, 0.15) is 0 Å². The molecule has 0 bridgehead atoms. The van der Waals surface area contributed by atoms with Crippen LogP contribution in [0.2, 0.25) is 0 Å². The molecule has 94 valence electrons. The van der Waals surface area contributed by atoms with Gasteiger partial charge >= 0.3 is 11.9 Å². The van der Waals surface area contributed by atoms with E-state index in [1.165, 1.54) is 6.20 Å². The molecule has 0 radical (unpaired) electrons. The highest BCUT2D eigenvalue weighted by Gasteiger charge is 2.21. The molecule has 5 nitrogen and oxygen atoms in total. The molecule has 1 aliphatic rings. The maximum atomic E-state index is 10.9. The standard InChI is InChI=1S/C13H13NO4/c15-12(16)10(13(17)18)8-14-7-3-5-9-4-1-2-6-11(9)14/h1-2,4,6,8H,3,5,7H2,(H,15,16)(H,17,18). The molecule has 5 heteroatoms. The van der Waals surface area contributed by atoms with Crippen LogP contribution < -0.4 is 4.90 Å². The van der Waals surface area contributed by atoms with Gasteiger partial charge in [0, 0.05) is 18.4 Å². The first-order chi connectivity index (χ1) is 8.59. The lowest BCUT2D eigenvalue weighted by Gasteiger charge is -2.28. The molecule has 1 aromatic rings. The molecule has 0 saturated heterocycles. The summed E-state index contributed by atoms with van der Waals surface area (Å²) < 4.78 is 0. The first kappa shape index (κ1) is 12.2. The van der Waals surface area contributed by atoms with Crippen molar-refractivity contribution in [2.45, 2.75) is 12.8 Å². The third-order valence-corrected chi connectivity index (χ3v) is 2.89. The van der Waals surface area contributed by atoms with E-state index in [4.69, 9.17) is 10.2 Å². The smallest absolute Gasteiger partial charge is 0.344 e. The maximum Gasteiger partial charge on any atom is 0.344 e. The van der Waals surface area contributed by atoms with Gasteiger partial charge in [-0.1, -0.05) is 18.2 Å². The second-order valence-electron chi connectivity index (χ2n) is 4.08. The average Bonchev–Trinajstić information content (AvgIpc) is 2.35. The summed E-state index contributed by atoms with van der Waals surface area (Å²) in [6.45, 7) is 0.626. The van der Waals surface area contributed by atoms with Crippen LogP contribution in [-0.4, -0.2) is 28.7 Å². The normalized spacial score (nSPS) is 13.7. The second kappa shape index (κ2) is 4.91. The molecule has 0 aliphatic carbocycles. The molecule has 0 unspecified atom stereocenters. The van der Waals surface area contributed by atoms with Crippen LogP contribution in [0.3, 0.4) is 0 Å². The number of hydrogen-bond donors (Lipinski definition) is 2. The van der Waals surface area contributed by atoms with Crippen LogP contribution in [0.5, 0.6) is 0 Å². The van der Waals surface area contributed by atoms with E-state index >= 15 is 0 Å². The van der Waals surface area contributed by atoms with Crippen molar-refractivity contribution in [3.8, 4) is 0 Å². The van der Waals surface area contributed by atoms with Crippen molar-refractivity contribution >= 4 is 17.6 Å². The summed E-state index contributed by atoms with van der Waals surface area (Å²) in [5.41, 5.74) is 1.37. The van der Waals surface area contributed by atoms with Crippen LogP contribution in [0.1, 0.15) is 12.0 Å². The van der Waals surface area contributed by atoms with Crippen molar-refractivity contribution in [2.24, 2.45) is 0 Å². The summed E-state index contributed by atoms with van der Waals surface area (Å²) in [7, 11) is 0. The number of fused-ring (bicyclic) bond motifs is 1. The summed E-state index contributed by atoms with van der Waals surface area (Å²) in [6, 6.07) is 7.61. The molecule has 1 heterocycles.